The van der Waals surface area contributed by atoms with Gasteiger partial charge in [-0.2, -0.15) is 0 Å². The Labute approximate surface area is 167 Å². The Hall–Kier alpha value is -3.11. The summed E-state index contributed by atoms with van der Waals surface area (Å²) < 4.78 is 2.56. The van der Waals surface area contributed by atoms with E-state index < -0.39 is 0 Å². The maximum Gasteiger partial charge on any atom is 0.163 e. The van der Waals surface area contributed by atoms with Crippen LogP contribution >= 0.6 is 11.3 Å². The van der Waals surface area contributed by atoms with E-state index in [1.54, 1.807) is 0 Å². The molecule has 136 valence electrons. The molecule has 0 N–H and O–H groups in total. The molecular formula is C24H19N3S. The summed E-state index contributed by atoms with van der Waals surface area (Å²) in [5, 5.41) is 2.59. The Morgan fingerprint density at radius 1 is 0.643 bits per heavy atom. The van der Waals surface area contributed by atoms with Crippen LogP contribution in [-0.2, 0) is 0 Å². The molecule has 0 aliphatic carbocycles. The van der Waals surface area contributed by atoms with Crippen LogP contribution in [0, 0.1) is 0 Å². The van der Waals surface area contributed by atoms with Gasteiger partial charge in [-0.15, -0.1) is 11.3 Å². The van der Waals surface area contributed by atoms with Crippen molar-refractivity contribution in [2.24, 2.45) is 0 Å². The SMILES string of the molecule is CC(C)c1nc(-c2ccccc2)nc(-c2ccc3c(c2)sc2ccccc23)n1. The van der Waals surface area contributed by atoms with Gasteiger partial charge in [0.25, 0.3) is 0 Å². The van der Waals surface area contributed by atoms with E-state index in [0.29, 0.717) is 0 Å². The largest absolute Gasteiger partial charge is 0.213 e. The topological polar surface area (TPSA) is 38.7 Å². The van der Waals surface area contributed by atoms with Gasteiger partial charge in [0.1, 0.15) is 5.82 Å². The van der Waals surface area contributed by atoms with Crippen molar-refractivity contribution in [2.75, 3.05) is 0 Å². The first-order valence-corrected chi connectivity index (χ1v) is 10.2. The van der Waals surface area contributed by atoms with E-state index in [2.05, 4.69) is 56.3 Å². The molecule has 0 aliphatic heterocycles. The number of hydrogen-bond acceptors (Lipinski definition) is 4. The maximum absolute atomic E-state index is 4.80. The molecule has 0 aliphatic rings. The van der Waals surface area contributed by atoms with E-state index in [4.69, 9.17) is 15.0 Å². The van der Waals surface area contributed by atoms with E-state index >= 15 is 0 Å². The lowest BCUT2D eigenvalue weighted by atomic mass is 10.1. The van der Waals surface area contributed by atoms with Gasteiger partial charge in [0, 0.05) is 37.2 Å². The lowest BCUT2D eigenvalue weighted by Gasteiger charge is -2.10. The molecule has 2 aromatic heterocycles. The van der Waals surface area contributed by atoms with Gasteiger partial charge in [0.15, 0.2) is 11.6 Å². The number of nitrogens with zero attached hydrogens (tertiary/aromatic N) is 3. The first kappa shape index (κ1) is 17.0. The van der Waals surface area contributed by atoms with Crippen LogP contribution in [0.3, 0.4) is 0 Å². The summed E-state index contributed by atoms with van der Waals surface area (Å²) in [4.78, 5) is 14.3. The Morgan fingerprint density at radius 3 is 2.11 bits per heavy atom. The molecule has 3 aromatic carbocycles. The minimum Gasteiger partial charge on any atom is -0.213 e. The molecule has 5 rings (SSSR count). The Kier molecular flexibility index (Phi) is 4.14. The van der Waals surface area contributed by atoms with E-state index in [-0.39, 0.29) is 5.92 Å². The minimum atomic E-state index is 0.234. The summed E-state index contributed by atoms with van der Waals surface area (Å²) in [6.45, 7) is 4.23. The predicted molar refractivity (Wildman–Crippen MR) is 118 cm³/mol. The van der Waals surface area contributed by atoms with Gasteiger partial charge in [-0.1, -0.05) is 74.5 Å². The number of hydrogen-bond donors (Lipinski definition) is 0. The monoisotopic (exact) mass is 381 g/mol. The third kappa shape index (κ3) is 2.96. The fraction of sp³-hybridized carbons (Fsp3) is 0.125. The average molecular weight is 382 g/mol. The molecular weight excluding hydrogens is 362 g/mol. The second-order valence-electron chi connectivity index (χ2n) is 7.17. The highest BCUT2D eigenvalue weighted by Crippen LogP contribution is 2.36. The first-order valence-electron chi connectivity index (χ1n) is 9.42. The standard InChI is InChI=1S/C24H19N3S/c1-15(2)22-25-23(16-8-4-3-5-9-16)27-24(26-22)17-12-13-19-18-10-6-7-11-20(18)28-21(19)14-17/h3-15H,1-2H3. The van der Waals surface area contributed by atoms with Crippen molar-refractivity contribution < 1.29 is 0 Å². The van der Waals surface area contributed by atoms with E-state index in [0.717, 1.165) is 28.6 Å². The van der Waals surface area contributed by atoms with Gasteiger partial charge < -0.3 is 0 Å². The lowest BCUT2D eigenvalue weighted by molar-refractivity contribution is 0.766. The zero-order valence-corrected chi connectivity index (χ0v) is 16.6. The molecule has 0 radical (unpaired) electrons. The minimum absolute atomic E-state index is 0.234. The van der Waals surface area contributed by atoms with Crippen LogP contribution in [0.15, 0.2) is 72.8 Å². The summed E-state index contributed by atoms with van der Waals surface area (Å²) >= 11 is 1.81. The van der Waals surface area contributed by atoms with Crippen LogP contribution in [0.25, 0.3) is 42.9 Å². The third-order valence-electron chi connectivity index (χ3n) is 4.84. The second-order valence-corrected chi connectivity index (χ2v) is 8.25. The van der Waals surface area contributed by atoms with Crippen molar-refractivity contribution >= 4 is 31.5 Å². The highest BCUT2D eigenvalue weighted by Gasteiger charge is 2.14. The van der Waals surface area contributed by atoms with Gasteiger partial charge in [-0.25, -0.2) is 15.0 Å². The molecule has 0 amide bonds. The maximum atomic E-state index is 4.80. The summed E-state index contributed by atoms with van der Waals surface area (Å²) in [5.74, 6) is 2.51. The molecule has 3 nitrogen and oxygen atoms in total. The third-order valence-corrected chi connectivity index (χ3v) is 5.97. The Bertz CT molecular complexity index is 1290. The van der Waals surface area contributed by atoms with Crippen molar-refractivity contribution in [3.63, 3.8) is 0 Å². The molecule has 0 bridgehead atoms. The zero-order valence-electron chi connectivity index (χ0n) is 15.8. The molecule has 0 spiro atoms. The summed E-state index contributed by atoms with van der Waals surface area (Å²) in [6.07, 6.45) is 0. The van der Waals surface area contributed by atoms with Gasteiger partial charge in [0.2, 0.25) is 0 Å². The van der Waals surface area contributed by atoms with Gasteiger partial charge in [-0.05, 0) is 12.1 Å². The normalized spacial score (nSPS) is 11.5. The molecule has 28 heavy (non-hydrogen) atoms. The number of fused-ring (bicyclic) bond motifs is 3. The number of benzene rings is 3. The molecule has 0 atom stereocenters. The van der Waals surface area contributed by atoms with E-state index in [1.165, 1.54) is 20.2 Å². The first-order chi connectivity index (χ1) is 13.7. The van der Waals surface area contributed by atoms with Crippen molar-refractivity contribution in [3.05, 3.63) is 78.6 Å². The summed E-state index contributed by atoms with van der Waals surface area (Å²) in [6, 6.07) is 25.2. The van der Waals surface area contributed by atoms with Crippen molar-refractivity contribution in [3.8, 4) is 22.8 Å². The molecule has 5 aromatic rings. The van der Waals surface area contributed by atoms with Crippen LogP contribution in [0.5, 0.6) is 0 Å². The molecule has 4 heteroatoms. The molecule has 0 saturated heterocycles. The van der Waals surface area contributed by atoms with E-state index in [1.807, 2.05) is 41.7 Å². The smallest absolute Gasteiger partial charge is 0.163 e. The quantitative estimate of drug-likeness (QED) is 0.349. The Morgan fingerprint density at radius 2 is 1.32 bits per heavy atom. The predicted octanol–water partition coefficient (Wildman–Crippen LogP) is 6.70. The van der Waals surface area contributed by atoms with Gasteiger partial charge in [-0.3, -0.25) is 0 Å². The van der Waals surface area contributed by atoms with Crippen molar-refractivity contribution in [1.29, 1.82) is 0 Å². The molecule has 2 heterocycles. The zero-order chi connectivity index (χ0) is 19.1. The highest BCUT2D eigenvalue weighted by atomic mass is 32.1. The average Bonchev–Trinajstić information content (AvgIpc) is 3.12. The van der Waals surface area contributed by atoms with E-state index in [9.17, 15) is 0 Å². The number of rotatable bonds is 3. The van der Waals surface area contributed by atoms with Crippen LogP contribution in [0.1, 0.15) is 25.6 Å². The Balaban J connectivity index is 1.69. The van der Waals surface area contributed by atoms with Crippen LogP contribution in [0.2, 0.25) is 0 Å². The highest BCUT2D eigenvalue weighted by molar-refractivity contribution is 7.25. The van der Waals surface area contributed by atoms with Gasteiger partial charge >= 0.3 is 0 Å². The fourth-order valence-electron chi connectivity index (χ4n) is 3.36. The van der Waals surface area contributed by atoms with Crippen molar-refractivity contribution in [1.82, 2.24) is 15.0 Å². The number of thiophene rings is 1. The van der Waals surface area contributed by atoms with Crippen LogP contribution in [-0.4, -0.2) is 15.0 Å². The summed E-state index contributed by atoms with van der Waals surface area (Å²) in [7, 11) is 0. The summed E-state index contributed by atoms with van der Waals surface area (Å²) in [5.41, 5.74) is 2.04. The molecule has 0 saturated carbocycles. The van der Waals surface area contributed by atoms with Gasteiger partial charge in [0.05, 0.1) is 0 Å². The van der Waals surface area contributed by atoms with Crippen LogP contribution in [0.4, 0.5) is 0 Å². The number of aromatic nitrogens is 3. The fourth-order valence-corrected chi connectivity index (χ4v) is 4.51. The molecule has 0 fully saturated rings. The molecule has 0 unspecified atom stereocenters. The lowest BCUT2D eigenvalue weighted by Crippen LogP contribution is -2.04. The van der Waals surface area contributed by atoms with Crippen LogP contribution < -0.4 is 0 Å². The second kappa shape index (κ2) is 6.80. The van der Waals surface area contributed by atoms with Crippen molar-refractivity contribution in [2.45, 2.75) is 19.8 Å².